The number of benzene rings is 3. The first-order chi connectivity index (χ1) is 14.0. The largest absolute Gasteiger partial charge is 0.293 e. The van der Waals surface area contributed by atoms with E-state index in [0.29, 0.717) is 11.1 Å². The molecule has 5 rings (SSSR count). The van der Waals surface area contributed by atoms with Gasteiger partial charge in [-0.3, -0.25) is 9.59 Å². The molecule has 0 amide bonds. The number of hydrogen-bond donors (Lipinski definition) is 0. The van der Waals surface area contributed by atoms with Crippen LogP contribution in [0.15, 0.2) is 94.8 Å². The fourth-order valence-corrected chi connectivity index (χ4v) is 5.44. The van der Waals surface area contributed by atoms with Crippen molar-refractivity contribution in [2.24, 2.45) is 11.8 Å². The van der Waals surface area contributed by atoms with E-state index >= 15 is 0 Å². The molecule has 2 atom stereocenters. The molecule has 0 saturated heterocycles. The van der Waals surface area contributed by atoms with Crippen molar-refractivity contribution in [1.29, 1.82) is 0 Å². The predicted octanol–water partition coefficient (Wildman–Crippen LogP) is 4.38. The van der Waals surface area contributed by atoms with Crippen molar-refractivity contribution in [3.63, 3.8) is 0 Å². The maximum atomic E-state index is 13.2. The Morgan fingerprint density at radius 1 is 0.690 bits per heavy atom. The van der Waals surface area contributed by atoms with Gasteiger partial charge in [-0.2, -0.15) is 0 Å². The number of fused-ring (bicyclic) bond motifs is 3. The molecule has 4 nitrogen and oxygen atoms in total. The van der Waals surface area contributed by atoms with Crippen molar-refractivity contribution in [1.82, 2.24) is 0 Å². The first-order valence-electron chi connectivity index (χ1n) is 9.28. The molecule has 2 aliphatic rings. The van der Waals surface area contributed by atoms with Crippen molar-refractivity contribution in [3.05, 3.63) is 101 Å². The summed E-state index contributed by atoms with van der Waals surface area (Å²) in [5, 5.41) is 1.77. The highest BCUT2D eigenvalue weighted by atomic mass is 32.2. The minimum Gasteiger partial charge on any atom is -0.293 e. The second-order valence-corrected chi connectivity index (χ2v) is 9.22. The number of ketones is 2. The summed E-state index contributed by atoms with van der Waals surface area (Å²) in [5.74, 6) is -1.86. The Morgan fingerprint density at radius 3 is 1.86 bits per heavy atom. The summed E-state index contributed by atoms with van der Waals surface area (Å²) in [4.78, 5) is 26.5. The molecule has 0 fully saturated rings. The Balaban J connectivity index is 1.63. The van der Waals surface area contributed by atoms with E-state index in [1.807, 2.05) is 24.3 Å². The summed E-state index contributed by atoms with van der Waals surface area (Å²) in [6.07, 6.45) is 4.44. The summed E-state index contributed by atoms with van der Waals surface area (Å²) < 4.78 is 25.9. The van der Waals surface area contributed by atoms with Gasteiger partial charge in [0.25, 0.3) is 0 Å². The number of allylic oxidation sites excluding steroid dienone is 3. The van der Waals surface area contributed by atoms with Gasteiger partial charge < -0.3 is 0 Å². The van der Waals surface area contributed by atoms with Crippen LogP contribution in [0.1, 0.15) is 20.7 Å². The minimum atomic E-state index is -3.75. The number of carbonyl (C=O) groups is 2. The van der Waals surface area contributed by atoms with Gasteiger partial charge in [-0.15, -0.1) is 0 Å². The predicted molar refractivity (Wildman–Crippen MR) is 110 cm³/mol. The van der Waals surface area contributed by atoms with Crippen molar-refractivity contribution >= 4 is 32.2 Å². The molecule has 0 heterocycles. The fourth-order valence-electron chi connectivity index (χ4n) is 4.07. The Hall–Kier alpha value is -3.31. The molecule has 0 radical (unpaired) electrons. The van der Waals surface area contributed by atoms with E-state index in [-0.39, 0.29) is 21.4 Å². The third kappa shape index (κ3) is 2.69. The van der Waals surface area contributed by atoms with Crippen LogP contribution in [-0.2, 0) is 9.84 Å². The van der Waals surface area contributed by atoms with Crippen LogP contribution in [0.5, 0.6) is 0 Å². The van der Waals surface area contributed by atoms with Gasteiger partial charge >= 0.3 is 0 Å². The minimum absolute atomic E-state index is 0.0512. The van der Waals surface area contributed by atoms with Crippen molar-refractivity contribution < 1.29 is 18.0 Å². The number of rotatable bonds is 2. The molecule has 142 valence electrons. The van der Waals surface area contributed by atoms with Crippen LogP contribution >= 0.6 is 0 Å². The van der Waals surface area contributed by atoms with E-state index in [2.05, 4.69) is 0 Å². The van der Waals surface area contributed by atoms with Gasteiger partial charge in [-0.1, -0.05) is 54.6 Å². The van der Waals surface area contributed by atoms with Gasteiger partial charge in [-0.25, -0.2) is 8.42 Å². The van der Waals surface area contributed by atoms with Gasteiger partial charge in [0.05, 0.1) is 21.6 Å². The highest BCUT2D eigenvalue weighted by Gasteiger charge is 2.41. The van der Waals surface area contributed by atoms with Crippen LogP contribution in [-0.4, -0.2) is 20.0 Å². The summed E-state index contributed by atoms with van der Waals surface area (Å²) in [5.41, 5.74) is 0.764. The third-order valence-electron chi connectivity index (χ3n) is 5.58. The lowest BCUT2D eigenvalue weighted by Crippen LogP contribution is -2.36. The summed E-state index contributed by atoms with van der Waals surface area (Å²) in [6.45, 7) is 0. The first-order valence-corrected chi connectivity index (χ1v) is 10.8. The van der Waals surface area contributed by atoms with E-state index in [4.69, 9.17) is 0 Å². The molecule has 0 aromatic heterocycles. The van der Waals surface area contributed by atoms with Gasteiger partial charge in [0.1, 0.15) is 0 Å². The third-order valence-corrected chi connectivity index (χ3v) is 7.37. The maximum Gasteiger partial charge on any atom is 0.206 e. The molecule has 0 spiro atoms. The molecule has 0 N–H and O–H groups in total. The average molecular weight is 400 g/mol. The standard InChI is InChI=1S/C24H16O4S/c25-23-19-11-10-18(29(27,28)17-8-2-1-3-9-17)14-22(19)24(26)21-13-16-7-5-4-6-15(16)12-20(21)23/h1-14,19,22H. The Bertz CT molecular complexity index is 1350. The zero-order valence-corrected chi connectivity index (χ0v) is 16.1. The van der Waals surface area contributed by atoms with Gasteiger partial charge in [-0.05, 0) is 41.1 Å². The van der Waals surface area contributed by atoms with Gasteiger partial charge in [0.2, 0.25) is 9.84 Å². The SMILES string of the molecule is O=C1c2cc3ccccc3cc2C(=O)C2C=C(S(=O)(=O)c3ccccc3)C=CC12. The topological polar surface area (TPSA) is 68.3 Å². The summed E-state index contributed by atoms with van der Waals surface area (Å²) in [7, 11) is -3.75. The lowest BCUT2D eigenvalue weighted by atomic mass is 9.72. The van der Waals surface area contributed by atoms with Crippen molar-refractivity contribution in [3.8, 4) is 0 Å². The van der Waals surface area contributed by atoms with Crippen LogP contribution in [0.2, 0.25) is 0 Å². The van der Waals surface area contributed by atoms with E-state index in [9.17, 15) is 18.0 Å². The lowest BCUT2D eigenvalue weighted by molar-refractivity contribution is 0.0801. The van der Waals surface area contributed by atoms with E-state index < -0.39 is 21.7 Å². The molecule has 0 aliphatic heterocycles. The monoisotopic (exact) mass is 400 g/mol. The van der Waals surface area contributed by atoms with Crippen molar-refractivity contribution in [2.45, 2.75) is 4.90 Å². The summed E-state index contributed by atoms with van der Waals surface area (Å²) >= 11 is 0. The Morgan fingerprint density at radius 2 is 1.24 bits per heavy atom. The molecule has 5 heteroatoms. The normalized spacial score (nSPS) is 20.9. The second-order valence-electron chi connectivity index (χ2n) is 7.27. The molecule has 0 saturated carbocycles. The number of hydrogen-bond acceptors (Lipinski definition) is 4. The molecule has 2 unspecified atom stereocenters. The molecular formula is C24H16O4S. The van der Waals surface area contributed by atoms with E-state index in [1.165, 1.54) is 24.3 Å². The summed E-state index contributed by atoms with van der Waals surface area (Å²) in [6, 6.07) is 19.1. The van der Waals surface area contributed by atoms with Crippen molar-refractivity contribution in [2.75, 3.05) is 0 Å². The molecule has 2 aliphatic carbocycles. The van der Waals surface area contributed by atoms with Crippen LogP contribution < -0.4 is 0 Å². The number of sulfone groups is 1. The van der Waals surface area contributed by atoms with Gasteiger partial charge in [0.15, 0.2) is 11.6 Å². The van der Waals surface area contributed by atoms with Crippen LogP contribution in [0.4, 0.5) is 0 Å². The van der Waals surface area contributed by atoms with Gasteiger partial charge in [0, 0.05) is 11.1 Å². The number of carbonyl (C=O) groups excluding carboxylic acids is 2. The Labute approximate surface area is 168 Å². The van der Waals surface area contributed by atoms with E-state index in [0.717, 1.165) is 10.8 Å². The lowest BCUT2D eigenvalue weighted by Gasteiger charge is -2.30. The van der Waals surface area contributed by atoms with E-state index in [1.54, 1.807) is 36.4 Å². The average Bonchev–Trinajstić information content (AvgIpc) is 2.76. The fraction of sp³-hybridized carbons (Fsp3) is 0.0833. The quantitative estimate of drug-likeness (QED) is 0.640. The Kier molecular flexibility index (Phi) is 3.89. The van der Waals surface area contributed by atoms with Crippen LogP contribution in [0.3, 0.4) is 0 Å². The maximum absolute atomic E-state index is 13.2. The molecule has 29 heavy (non-hydrogen) atoms. The number of Topliss-reactive ketones (excluding diaryl/α,β-unsaturated/α-hetero) is 2. The molecular weight excluding hydrogens is 384 g/mol. The zero-order valence-electron chi connectivity index (χ0n) is 15.3. The highest BCUT2D eigenvalue weighted by Crippen LogP contribution is 2.38. The highest BCUT2D eigenvalue weighted by molar-refractivity contribution is 7.95. The van der Waals surface area contributed by atoms with Crippen LogP contribution in [0.25, 0.3) is 10.8 Å². The first kappa shape index (κ1) is 17.8. The molecule has 3 aromatic rings. The van der Waals surface area contributed by atoms with Crippen LogP contribution in [0, 0.1) is 11.8 Å². The smallest absolute Gasteiger partial charge is 0.206 e. The zero-order chi connectivity index (χ0) is 20.2. The molecule has 0 bridgehead atoms. The second kappa shape index (κ2) is 6.36. The molecule has 3 aromatic carbocycles.